The number of amides is 1. The molecule has 1 saturated heterocycles. The lowest BCUT2D eigenvalue weighted by atomic mass is 10.0. The Hall–Kier alpha value is -3.15. The number of para-hydroxylation sites is 1. The minimum Gasteiger partial charge on any atom is -0.337 e. The molecule has 0 spiro atoms. The van der Waals surface area contributed by atoms with Crippen LogP contribution >= 0.6 is 11.6 Å². The number of piperazine rings is 1. The van der Waals surface area contributed by atoms with Crippen LogP contribution in [0.25, 0.3) is 6.08 Å². The van der Waals surface area contributed by atoms with Crippen molar-refractivity contribution in [3.05, 3.63) is 100 Å². The fraction of sp³-hybridized carbons (Fsp3) is 0.276. The molecule has 4 nitrogen and oxygen atoms in total. The van der Waals surface area contributed by atoms with Crippen LogP contribution in [0, 0.1) is 5.82 Å². The van der Waals surface area contributed by atoms with Crippen LogP contribution in [0.5, 0.6) is 0 Å². The third kappa shape index (κ3) is 4.71. The van der Waals surface area contributed by atoms with Crippen molar-refractivity contribution in [3.63, 3.8) is 0 Å². The molecular weight excluding hydrogens is 461 g/mol. The van der Waals surface area contributed by atoms with Crippen molar-refractivity contribution in [2.75, 3.05) is 31.1 Å². The van der Waals surface area contributed by atoms with Gasteiger partial charge in [-0.2, -0.15) is 0 Å². The van der Waals surface area contributed by atoms with Gasteiger partial charge in [-0.15, -0.1) is 0 Å². The first kappa shape index (κ1) is 23.6. The molecule has 6 heteroatoms. The van der Waals surface area contributed by atoms with Crippen molar-refractivity contribution in [2.45, 2.75) is 25.9 Å². The second-order valence-corrected chi connectivity index (χ2v) is 9.74. The van der Waals surface area contributed by atoms with E-state index in [4.69, 9.17) is 11.6 Å². The number of fused-ring (bicyclic) bond motifs is 1. The number of hydrogen-bond acceptors (Lipinski definition) is 3. The first-order chi connectivity index (χ1) is 16.9. The van der Waals surface area contributed by atoms with Crippen LogP contribution in [-0.4, -0.2) is 47.9 Å². The average Bonchev–Trinajstić information content (AvgIpc) is 2.87. The number of anilines is 2. The highest BCUT2D eigenvalue weighted by molar-refractivity contribution is 6.30. The highest BCUT2D eigenvalue weighted by atomic mass is 35.5. The number of carbonyl (C=O) groups excluding carboxylic acids is 1. The van der Waals surface area contributed by atoms with Crippen molar-refractivity contribution in [2.24, 2.45) is 0 Å². The largest absolute Gasteiger partial charge is 0.337 e. The summed E-state index contributed by atoms with van der Waals surface area (Å²) < 4.78 is 14.4. The summed E-state index contributed by atoms with van der Waals surface area (Å²) in [6.45, 7) is 6.84. The summed E-state index contributed by atoms with van der Waals surface area (Å²) in [4.78, 5) is 19.7. The van der Waals surface area contributed by atoms with Gasteiger partial charge in [-0.05, 0) is 61.9 Å². The molecule has 2 aliphatic heterocycles. The Kier molecular flexibility index (Phi) is 6.63. The first-order valence-electron chi connectivity index (χ1n) is 12.1. The molecule has 5 rings (SSSR count). The summed E-state index contributed by atoms with van der Waals surface area (Å²) in [5.41, 5.74) is 4.75. The second kappa shape index (κ2) is 9.84. The summed E-state index contributed by atoms with van der Waals surface area (Å²) in [7, 11) is 0. The molecule has 0 radical (unpaired) electrons. The number of carbonyl (C=O) groups is 1. The molecule has 180 valence electrons. The van der Waals surface area contributed by atoms with Gasteiger partial charge in [0, 0.05) is 65.8 Å². The smallest absolute Gasteiger partial charge is 0.254 e. The summed E-state index contributed by atoms with van der Waals surface area (Å²) in [6, 6.07) is 21.0. The van der Waals surface area contributed by atoms with E-state index in [2.05, 4.69) is 41.0 Å². The molecule has 2 heterocycles. The Morgan fingerprint density at radius 2 is 1.83 bits per heavy atom. The maximum Gasteiger partial charge on any atom is 0.254 e. The molecule has 3 aromatic rings. The number of rotatable bonds is 4. The highest BCUT2D eigenvalue weighted by Crippen LogP contribution is 2.33. The van der Waals surface area contributed by atoms with E-state index in [1.165, 1.54) is 17.3 Å². The quantitative estimate of drug-likeness (QED) is 0.415. The lowest BCUT2D eigenvalue weighted by Crippen LogP contribution is -2.54. The topological polar surface area (TPSA) is 26.8 Å². The third-order valence-corrected chi connectivity index (χ3v) is 7.35. The highest BCUT2D eigenvalue weighted by Gasteiger charge is 2.31. The van der Waals surface area contributed by atoms with Crippen LogP contribution in [0.3, 0.4) is 0 Å². The molecular formula is C29H29ClFN3O. The van der Waals surface area contributed by atoms with Gasteiger partial charge < -0.3 is 9.80 Å². The summed E-state index contributed by atoms with van der Waals surface area (Å²) in [6.07, 6.45) is 4.30. The normalized spacial score (nSPS) is 18.9. The molecule has 2 aliphatic rings. The van der Waals surface area contributed by atoms with Gasteiger partial charge in [0.25, 0.3) is 5.91 Å². The van der Waals surface area contributed by atoms with E-state index in [1.807, 2.05) is 48.2 Å². The predicted molar refractivity (Wildman–Crippen MR) is 141 cm³/mol. The van der Waals surface area contributed by atoms with E-state index in [1.54, 1.807) is 12.1 Å². The van der Waals surface area contributed by atoms with Gasteiger partial charge in [-0.3, -0.25) is 9.69 Å². The molecule has 2 atom stereocenters. The molecule has 35 heavy (non-hydrogen) atoms. The van der Waals surface area contributed by atoms with E-state index in [0.29, 0.717) is 35.8 Å². The van der Waals surface area contributed by atoms with Gasteiger partial charge in [0.2, 0.25) is 0 Å². The fourth-order valence-corrected chi connectivity index (χ4v) is 5.29. The van der Waals surface area contributed by atoms with E-state index in [9.17, 15) is 9.18 Å². The molecule has 0 bridgehead atoms. The summed E-state index contributed by atoms with van der Waals surface area (Å²) in [5.74, 6) is -0.254. The zero-order valence-corrected chi connectivity index (χ0v) is 20.8. The molecule has 1 unspecified atom stereocenters. The minimum atomic E-state index is -0.289. The Labute approximate surface area is 211 Å². The standard InChI is InChI=1S/C29H29ClFN3O/c1-20-19-32(21(2)26-14-11-24(30)18-27(26)31)16-17-33(20)29(35)23-9-12-25(13-10-23)34-15-5-7-22-6-3-4-8-28(22)34/h3-14,18,20-21H,15-17,19H2,1-2H3/t20-,21?/m1/s1. The number of hydrogen-bond donors (Lipinski definition) is 0. The first-order valence-corrected chi connectivity index (χ1v) is 12.4. The number of nitrogens with zero attached hydrogens (tertiary/aromatic N) is 3. The number of benzene rings is 3. The van der Waals surface area contributed by atoms with Gasteiger partial charge in [0.1, 0.15) is 5.82 Å². The molecule has 3 aromatic carbocycles. The van der Waals surface area contributed by atoms with Crippen LogP contribution < -0.4 is 4.90 Å². The minimum absolute atomic E-state index is 0.0212. The van der Waals surface area contributed by atoms with Crippen LogP contribution in [0.2, 0.25) is 5.02 Å². The van der Waals surface area contributed by atoms with Gasteiger partial charge in [-0.25, -0.2) is 4.39 Å². The lowest BCUT2D eigenvalue weighted by Gasteiger charge is -2.42. The van der Waals surface area contributed by atoms with Gasteiger partial charge in [-0.1, -0.05) is 48.0 Å². The molecule has 1 fully saturated rings. The van der Waals surface area contributed by atoms with Crippen molar-refractivity contribution >= 4 is 35.0 Å². The zero-order chi connectivity index (χ0) is 24.5. The van der Waals surface area contributed by atoms with Crippen LogP contribution in [-0.2, 0) is 0 Å². The Morgan fingerprint density at radius 3 is 2.57 bits per heavy atom. The van der Waals surface area contributed by atoms with Crippen LogP contribution in [0.4, 0.5) is 15.8 Å². The van der Waals surface area contributed by atoms with E-state index >= 15 is 0 Å². The van der Waals surface area contributed by atoms with E-state index < -0.39 is 0 Å². The molecule has 0 aromatic heterocycles. The Bertz CT molecular complexity index is 1260. The third-order valence-electron chi connectivity index (χ3n) is 7.12. The van der Waals surface area contributed by atoms with Crippen LogP contribution in [0.1, 0.15) is 41.4 Å². The van der Waals surface area contributed by atoms with E-state index in [-0.39, 0.29) is 23.8 Å². The Balaban J connectivity index is 1.26. The lowest BCUT2D eigenvalue weighted by molar-refractivity contribution is 0.0402. The van der Waals surface area contributed by atoms with Crippen molar-refractivity contribution < 1.29 is 9.18 Å². The second-order valence-electron chi connectivity index (χ2n) is 9.30. The maximum absolute atomic E-state index is 14.4. The summed E-state index contributed by atoms with van der Waals surface area (Å²) in [5, 5.41) is 0.397. The predicted octanol–water partition coefficient (Wildman–Crippen LogP) is 6.55. The average molecular weight is 490 g/mol. The monoisotopic (exact) mass is 489 g/mol. The zero-order valence-electron chi connectivity index (χ0n) is 20.0. The Morgan fingerprint density at radius 1 is 1.06 bits per heavy atom. The maximum atomic E-state index is 14.4. The number of halogens is 2. The van der Waals surface area contributed by atoms with Crippen molar-refractivity contribution in [3.8, 4) is 0 Å². The van der Waals surface area contributed by atoms with Gasteiger partial charge in [0.05, 0.1) is 0 Å². The SMILES string of the molecule is CC(c1ccc(Cl)cc1F)N1CCN(C(=O)c2ccc(N3CC=Cc4ccccc43)cc2)[C@H](C)C1. The molecule has 1 amide bonds. The van der Waals surface area contributed by atoms with Crippen molar-refractivity contribution in [1.29, 1.82) is 0 Å². The van der Waals surface area contributed by atoms with E-state index in [0.717, 1.165) is 12.2 Å². The summed E-state index contributed by atoms with van der Waals surface area (Å²) >= 11 is 5.92. The van der Waals surface area contributed by atoms with Crippen LogP contribution in [0.15, 0.2) is 72.8 Å². The molecule has 0 N–H and O–H groups in total. The van der Waals surface area contributed by atoms with Gasteiger partial charge >= 0.3 is 0 Å². The van der Waals surface area contributed by atoms with Crippen molar-refractivity contribution in [1.82, 2.24) is 9.80 Å². The van der Waals surface area contributed by atoms with Gasteiger partial charge in [0.15, 0.2) is 0 Å². The fourth-order valence-electron chi connectivity index (χ4n) is 5.13. The molecule has 0 saturated carbocycles. The molecule has 0 aliphatic carbocycles.